The van der Waals surface area contributed by atoms with E-state index in [1.165, 1.54) is 6.07 Å². The van der Waals surface area contributed by atoms with E-state index in [1.54, 1.807) is 24.3 Å². The Morgan fingerprint density at radius 2 is 1.81 bits per heavy atom. The molecule has 0 bridgehead atoms. The molecule has 0 spiro atoms. The van der Waals surface area contributed by atoms with E-state index in [4.69, 9.17) is 4.74 Å². The molecule has 1 fully saturated rings. The van der Waals surface area contributed by atoms with E-state index >= 15 is 0 Å². The number of carbonyl (C=O) groups is 2. The number of nitrogens with zero attached hydrogens (tertiary/aromatic N) is 1. The maximum Gasteiger partial charge on any atom is 0.255 e. The lowest BCUT2D eigenvalue weighted by Gasteiger charge is -2.25. The van der Waals surface area contributed by atoms with Crippen LogP contribution in [0.3, 0.4) is 0 Å². The van der Waals surface area contributed by atoms with Gasteiger partial charge in [0.25, 0.3) is 5.91 Å². The maximum absolute atomic E-state index is 12.7. The molecule has 10 nitrogen and oxygen atoms in total. The molecule has 11 heteroatoms. The molecule has 2 aromatic rings. The molecule has 32 heavy (non-hydrogen) atoms. The normalized spacial score (nSPS) is 15.1. The van der Waals surface area contributed by atoms with Gasteiger partial charge >= 0.3 is 0 Å². The molecule has 2 amide bonds. The minimum absolute atomic E-state index is 0.129. The van der Waals surface area contributed by atoms with Gasteiger partial charge in [0.1, 0.15) is 11.0 Å². The van der Waals surface area contributed by atoms with E-state index in [0.29, 0.717) is 43.3 Å². The van der Waals surface area contributed by atoms with E-state index in [0.717, 1.165) is 6.07 Å². The molecule has 3 rings (SSSR count). The number of hydrogen-bond donors (Lipinski definition) is 5. The lowest BCUT2D eigenvalue weighted by molar-refractivity contribution is -0.116. The summed E-state index contributed by atoms with van der Waals surface area (Å²) in [4.78, 5) is 24.9. The summed E-state index contributed by atoms with van der Waals surface area (Å²) in [5.74, 6) is -2.92. The molecular formula is C21H25N3O7S. The molecule has 1 heterocycles. The van der Waals surface area contributed by atoms with Gasteiger partial charge < -0.3 is 30.7 Å². The lowest BCUT2D eigenvalue weighted by Crippen LogP contribution is -2.37. The van der Waals surface area contributed by atoms with Crippen molar-refractivity contribution in [1.29, 1.82) is 0 Å². The number of phenols is 3. The number of ether oxygens (including phenoxy) is 1. The number of nitrogens with one attached hydrogen (secondary N) is 2. The Kier molecular flexibility index (Phi) is 8.03. The second-order valence-electron chi connectivity index (χ2n) is 7.06. The minimum atomic E-state index is -1.33. The number of anilines is 1. The first-order valence-electron chi connectivity index (χ1n) is 10.0. The Morgan fingerprint density at radius 3 is 2.56 bits per heavy atom. The SMILES string of the molecule is O=C(CCCNC(=O)c1ccc(O)c(O)c1O)Nc1cccc(S(=O)N2CCOCC2)c1. The standard InChI is InChI=1S/C21H25N3O7S/c25-17-7-6-16(19(27)20(17)28)21(29)22-8-2-5-18(26)23-14-3-1-4-15(13-14)32(30)24-9-11-31-12-10-24/h1,3-4,6-7,13,25,27-28H,2,5,8-12H2,(H,22,29)(H,23,26). The molecule has 0 saturated carbocycles. The second kappa shape index (κ2) is 10.9. The van der Waals surface area contributed by atoms with Crippen molar-refractivity contribution in [2.75, 3.05) is 38.2 Å². The van der Waals surface area contributed by atoms with Crippen LogP contribution in [0.5, 0.6) is 17.2 Å². The third-order valence-electron chi connectivity index (χ3n) is 4.76. The van der Waals surface area contributed by atoms with Gasteiger partial charge in [0.2, 0.25) is 11.7 Å². The Morgan fingerprint density at radius 1 is 1.06 bits per heavy atom. The van der Waals surface area contributed by atoms with Gasteiger partial charge in [0.05, 0.1) is 23.7 Å². The number of rotatable bonds is 8. The number of aromatic hydroxyl groups is 3. The van der Waals surface area contributed by atoms with Crippen molar-refractivity contribution < 1.29 is 33.9 Å². The van der Waals surface area contributed by atoms with Gasteiger partial charge in [-0.1, -0.05) is 6.07 Å². The number of carbonyl (C=O) groups excluding carboxylic acids is 2. The number of hydrogen-bond acceptors (Lipinski definition) is 7. The number of amides is 2. The number of benzene rings is 2. The molecule has 1 aliphatic rings. The van der Waals surface area contributed by atoms with Crippen molar-refractivity contribution in [1.82, 2.24) is 9.62 Å². The van der Waals surface area contributed by atoms with Crippen molar-refractivity contribution >= 4 is 28.5 Å². The molecular weight excluding hydrogens is 438 g/mol. The third-order valence-corrected chi connectivity index (χ3v) is 6.26. The average Bonchev–Trinajstić information content (AvgIpc) is 2.80. The summed E-state index contributed by atoms with van der Waals surface area (Å²) in [7, 11) is -1.33. The lowest BCUT2D eigenvalue weighted by atomic mass is 10.1. The molecule has 1 atom stereocenters. The summed E-state index contributed by atoms with van der Waals surface area (Å²) in [6.07, 6.45) is 0.464. The molecule has 0 aliphatic carbocycles. The van der Waals surface area contributed by atoms with Gasteiger partial charge in [-0.2, -0.15) is 0 Å². The molecule has 1 aliphatic heterocycles. The topological polar surface area (TPSA) is 148 Å². The van der Waals surface area contributed by atoms with Crippen LogP contribution >= 0.6 is 0 Å². The van der Waals surface area contributed by atoms with E-state index in [-0.39, 0.29) is 24.4 Å². The zero-order valence-electron chi connectivity index (χ0n) is 17.2. The Labute approximate surface area is 187 Å². The molecule has 5 N–H and O–H groups in total. The Hall–Kier alpha value is -3.15. The minimum Gasteiger partial charge on any atom is -0.504 e. The largest absolute Gasteiger partial charge is 0.504 e. The third kappa shape index (κ3) is 5.96. The van der Waals surface area contributed by atoms with Crippen LogP contribution in [0.1, 0.15) is 23.2 Å². The predicted molar refractivity (Wildman–Crippen MR) is 117 cm³/mol. The number of phenolic OH excluding ortho intramolecular Hbond substituents is 3. The highest BCUT2D eigenvalue weighted by atomic mass is 32.2. The van der Waals surface area contributed by atoms with Crippen molar-refractivity contribution in [2.24, 2.45) is 0 Å². The van der Waals surface area contributed by atoms with Gasteiger partial charge in [0.15, 0.2) is 11.5 Å². The fraction of sp³-hybridized carbons (Fsp3) is 0.333. The summed E-state index contributed by atoms with van der Waals surface area (Å²) in [6.45, 7) is 2.39. The highest BCUT2D eigenvalue weighted by Gasteiger charge is 2.19. The second-order valence-corrected chi connectivity index (χ2v) is 8.54. The van der Waals surface area contributed by atoms with Crippen LogP contribution in [0.2, 0.25) is 0 Å². The van der Waals surface area contributed by atoms with Crippen LogP contribution in [0.15, 0.2) is 41.3 Å². The number of morpholine rings is 1. The fourth-order valence-corrected chi connectivity index (χ4v) is 4.27. The van der Waals surface area contributed by atoms with Gasteiger partial charge in [0, 0.05) is 31.7 Å². The van der Waals surface area contributed by atoms with Crippen molar-refractivity contribution in [3.8, 4) is 17.2 Å². The van der Waals surface area contributed by atoms with Gasteiger partial charge in [-0.25, -0.2) is 8.51 Å². The van der Waals surface area contributed by atoms with Crippen LogP contribution in [0.4, 0.5) is 5.69 Å². The van der Waals surface area contributed by atoms with Crippen molar-refractivity contribution in [2.45, 2.75) is 17.7 Å². The zero-order chi connectivity index (χ0) is 23.1. The first-order chi connectivity index (χ1) is 15.4. The van der Waals surface area contributed by atoms with E-state index in [2.05, 4.69) is 10.6 Å². The van der Waals surface area contributed by atoms with Gasteiger partial charge in [-0.3, -0.25) is 9.59 Å². The van der Waals surface area contributed by atoms with Crippen LogP contribution in [-0.2, 0) is 20.5 Å². The zero-order valence-corrected chi connectivity index (χ0v) is 18.1. The van der Waals surface area contributed by atoms with E-state index in [9.17, 15) is 29.1 Å². The predicted octanol–water partition coefficient (Wildman–Crippen LogP) is 1.31. The Balaban J connectivity index is 1.45. The van der Waals surface area contributed by atoms with Crippen LogP contribution in [0.25, 0.3) is 0 Å². The van der Waals surface area contributed by atoms with E-state index < -0.39 is 34.1 Å². The maximum atomic E-state index is 12.7. The van der Waals surface area contributed by atoms with Gasteiger partial charge in [-0.05, 0) is 36.8 Å². The molecule has 0 aromatic heterocycles. The highest BCUT2D eigenvalue weighted by Crippen LogP contribution is 2.36. The quantitative estimate of drug-likeness (QED) is 0.293. The smallest absolute Gasteiger partial charge is 0.255 e. The van der Waals surface area contributed by atoms with E-state index in [1.807, 2.05) is 4.31 Å². The first-order valence-corrected chi connectivity index (χ1v) is 11.1. The fourth-order valence-electron chi connectivity index (χ4n) is 3.07. The van der Waals surface area contributed by atoms with Crippen LogP contribution < -0.4 is 10.6 Å². The molecule has 172 valence electrons. The summed E-state index contributed by atoms with van der Waals surface area (Å²) >= 11 is 0. The monoisotopic (exact) mass is 463 g/mol. The Bertz CT molecular complexity index is 1010. The molecule has 2 aromatic carbocycles. The van der Waals surface area contributed by atoms with Crippen molar-refractivity contribution in [3.63, 3.8) is 0 Å². The average molecular weight is 464 g/mol. The summed E-state index contributed by atoms with van der Waals surface area (Å²) in [5.41, 5.74) is 0.345. The summed E-state index contributed by atoms with van der Waals surface area (Å²) < 4.78 is 19.8. The summed E-state index contributed by atoms with van der Waals surface area (Å²) in [5, 5.41) is 33.8. The molecule has 1 unspecified atom stereocenters. The van der Waals surface area contributed by atoms with Gasteiger partial charge in [-0.15, -0.1) is 0 Å². The van der Waals surface area contributed by atoms with Crippen LogP contribution in [-0.4, -0.2) is 68.5 Å². The molecule has 1 saturated heterocycles. The first kappa shape index (κ1) is 23.5. The van der Waals surface area contributed by atoms with Crippen molar-refractivity contribution in [3.05, 3.63) is 42.0 Å². The highest BCUT2D eigenvalue weighted by molar-refractivity contribution is 7.82. The summed E-state index contributed by atoms with van der Waals surface area (Å²) in [6, 6.07) is 9.12. The molecule has 0 radical (unpaired) electrons. The van der Waals surface area contributed by atoms with Crippen LogP contribution in [0, 0.1) is 0 Å².